The summed E-state index contributed by atoms with van der Waals surface area (Å²) in [4.78, 5) is 9.38. The van der Waals surface area contributed by atoms with E-state index in [2.05, 4.69) is 25.9 Å². The predicted molar refractivity (Wildman–Crippen MR) is 117 cm³/mol. The van der Waals surface area contributed by atoms with Crippen molar-refractivity contribution in [3.8, 4) is 0 Å². The van der Waals surface area contributed by atoms with Crippen molar-refractivity contribution >= 4 is 45.9 Å². The van der Waals surface area contributed by atoms with Crippen molar-refractivity contribution in [3.05, 3.63) is 23.2 Å². The Balaban J connectivity index is 1.70. The minimum Gasteiger partial charge on any atom is -0.397 e. The summed E-state index contributed by atoms with van der Waals surface area (Å²) >= 11 is 6.04. The zero-order chi connectivity index (χ0) is 20.5. The second kappa shape index (κ2) is 8.00. The molecule has 29 heavy (non-hydrogen) atoms. The molecule has 1 aromatic carbocycles. The third kappa shape index (κ3) is 4.20. The molecule has 1 saturated carbocycles. The summed E-state index contributed by atoms with van der Waals surface area (Å²) < 4.78 is 1.79. The molecule has 0 unspecified atom stereocenters. The fourth-order valence-electron chi connectivity index (χ4n) is 3.53. The number of nitrogens with two attached hydrogens (primary N) is 2. The maximum Gasteiger partial charge on any atom is 0.227 e. The Bertz CT molecular complexity index is 1010. The first-order valence-electron chi connectivity index (χ1n) is 9.88. The number of fused-ring (bicyclic) bond motifs is 1. The molecule has 0 saturated heterocycles. The van der Waals surface area contributed by atoms with Gasteiger partial charge < -0.3 is 22.1 Å². The molecule has 4 rings (SSSR count). The van der Waals surface area contributed by atoms with E-state index >= 15 is 0 Å². The van der Waals surface area contributed by atoms with Gasteiger partial charge in [-0.25, -0.2) is 4.68 Å². The minimum atomic E-state index is 0.120. The summed E-state index contributed by atoms with van der Waals surface area (Å²) in [6.07, 6.45) is 4.00. The van der Waals surface area contributed by atoms with Gasteiger partial charge in [-0.2, -0.15) is 9.97 Å². The van der Waals surface area contributed by atoms with Crippen molar-refractivity contribution in [1.82, 2.24) is 25.0 Å². The van der Waals surface area contributed by atoms with Gasteiger partial charge in [0.15, 0.2) is 17.0 Å². The van der Waals surface area contributed by atoms with Gasteiger partial charge in [0.2, 0.25) is 5.95 Å². The first kappa shape index (κ1) is 19.7. The molecule has 6 N–H and O–H groups in total. The van der Waals surface area contributed by atoms with Crippen LogP contribution in [-0.4, -0.2) is 37.0 Å². The number of hydrogen-bond acceptors (Lipinski definition) is 8. The summed E-state index contributed by atoms with van der Waals surface area (Å²) in [6.45, 7) is 4.08. The maximum atomic E-state index is 6.04. The van der Waals surface area contributed by atoms with Crippen LogP contribution in [0.3, 0.4) is 0 Å². The highest BCUT2D eigenvalue weighted by molar-refractivity contribution is 6.33. The van der Waals surface area contributed by atoms with E-state index in [0.717, 1.165) is 31.4 Å². The van der Waals surface area contributed by atoms with Crippen LogP contribution in [0.5, 0.6) is 0 Å². The monoisotopic (exact) mass is 415 g/mol. The molecule has 1 aliphatic rings. The highest BCUT2D eigenvalue weighted by Crippen LogP contribution is 2.29. The molecule has 9 nitrogen and oxygen atoms in total. The lowest BCUT2D eigenvalue weighted by Gasteiger charge is -2.26. The third-order valence-corrected chi connectivity index (χ3v) is 5.52. The number of aromatic nitrogens is 5. The van der Waals surface area contributed by atoms with E-state index in [4.69, 9.17) is 28.1 Å². The van der Waals surface area contributed by atoms with Gasteiger partial charge in [-0.15, -0.1) is 5.10 Å². The summed E-state index contributed by atoms with van der Waals surface area (Å²) in [5.41, 5.74) is 14.5. The van der Waals surface area contributed by atoms with E-state index < -0.39 is 0 Å². The Kier molecular flexibility index (Phi) is 5.42. The number of nitrogens with zero attached hydrogens (tertiary/aromatic N) is 5. The van der Waals surface area contributed by atoms with E-state index in [1.807, 2.05) is 19.9 Å². The normalized spacial score (nSPS) is 19.6. The van der Waals surface area contributed by atoms with Crippen molar-refractivity contribution < 1.29 is 0 Å². The number of nitrogens with one attached hydrogen (secondary N) is 2. The number of anilines is 4. The standard InChI is InChI=1S/C19H26ClN9/c1-10(2)29-18-16(27-28-29)17(23-13-7-8-14(20)15(22)9-13)25-19(26-18)24-12-5-3-11(21)4-6-12/h7-12H,3-6,21-22H2,1-2H3,(H2,23,24,25,26). The maximum absolute atomic E-state index is 6.04. The number of nitrogen functional groups attached to an aromatic ring is 1. The highest BCUT2D eigenvalue weighted by atomic mass is 35.5. The van der Waals surface area contributed by atoms with Gasteiger partial charge in [0, 0.05) is 17.8 Å². The van der Waals surface area contributed by atoms with Crippen molar-refractivity contribution in [3.63, 3.8) is 0 Å². The quantitative estimate of drug-likeness (QED) is 0.465. The van der Waals surface area contributed by atoms with E-state index in [0.29, 0.717) is 39.7 Å². The number of benzene rings is 1. The van der Waals surface area contributed by atoms with Gasteiger partial charge >= 0.3 is 0 Å². The molecule has 3 aromatic rings. The fourth-order valence-corrected chi connectivity index (χ4v) is 3.65. The molecule has 2 aromatic heterocycles. The Morgan fingerprint density at radius 2 is 1.93 bits per heavy atom. The second-order valence-electron chi connectivity index (χ2n) is 7.81. The number of rotatable bonds is 5. The molecule has 1 fully saturated rings. The zero-order valence-corrected chi connectivity index (χ0v) is 17.3. The second-order valence-corrected chi connectivity index (χ2v) is 8.22. The van der Waals surface area contributed by atoms with E-state index in [-0.39, 0.29) is 12.1 Å². The Labute approximate surface area is 174 Å². The van der Waals surface area contributed by atoms with Crippen molar-refractivity contribution in [2.24, 2.45) is 5.73 Å². The highest BCUT2D eigenvalue weighted by Gasteiger charge is 2.21. The van der Waals surface area contributed by atoms with Crippen molar-refractivity contribution in [1.29, 1.82) is 0 Å². The molecule has 154 valence electrons. The Morgan fingerprint density at radius 3 is 2.62 bits per heavy atom. The number of hydrogen-bond donors (Lipinski definition) is 4. The SMILES string of the molecule is CC(C)n1nnc2c(Nc3ccc(Cl)c(N)c3)nc(NC3CCC(N)CC3)nc21. The van der Waals surface area contributed by atoms with Gasteiger partial charge in [-0.1, -0.05) is 16.8 Å². The van der Waals surface area contributed by atoms with Crippen LogP contribution in [0, 0.1) is 0 Å². The molecule has 0 amide bonds. The summed E-state index contributed by atoms with van der Waals surface area (Å²) in [5.74, 6) is 1.12. The van der Waals surface area contributed by atoms with E-state index in [9.17, 15) is 0 Å². The van der Waals surface area contributed by atoms with Gasteiger partial charge in [0.25, 0.3) is 0 Å². The molecule has 0 aliphatic heterocycles. The fraction of sp³-hybridized carbons (Fsp3) is 0.474. The van der Waals surface area contributed by atoms with Gasteiger partial charge in [0.05, 0.1) is 16.8 Å². The van der Waals surface area contributed by atoms with Crippen LogP contribution in [0.2, 0.25) is 5.02 Å². The van der Waals surface area contributed by atoms with Gasteiger partial charge in [-0.3, -0.25) is 0 Å². The van der Waals surface area contributed by atoms with Crippen LogP contribution >= 0.6 is 11.6 Å². The third-order valence-electron chi connectivity index (χ3n) is 5.18. The molecule has 0 radical (unpaired) electrons. The molecular weight excluding hydrogens is 390 g/mol. The topological polar surface area (TPSA) is 133 Å². The lowest BCUT2D eigenvalue weighted by molar-refractivity contribution is 0.410. The lowest BCUT2D eigenvalue weighted by atomic mass is 9.92. The molecule has 0 bridgehead atoms. The van der Waals surface area contributed by atoms with Crippen molar-refractivity contribution in [2.45, 2.75) is 57.7 Å². The number of halogens is 1. The first-order valence-corrected chi connectivity index (χ1v) is 10.3. The molecule has 1 aliphatic carbocycles. The van der Waals surface area contributed by atoms with Crippen LogP contribution in [0.25, 0.3) is 11.2 Å². The van der Waals surface area contributed by atoms with E-state index in [1.165, 1.54) is 0 Å². The summed E-state index contributed by atoms with van der Waals surface area (Å²) in [7, 11) is 0. The largest absolute Gasteiger partial charge is 0.397 e. The Morgan fingerprint density at radius 1 is 1.17 bits per heavy atom. The Hall–Kier alpha value is -2.65. The van der Waals surface area contributed by atoms with Crippen LogP contribution in [0.4, 0.5) is 23.1 Å². The van der Waals surface area contributed by atoms with Crippen molar-refractivity contribution in [2.75, 3.05) is 16.4 Å². The average Bonchev–Trinajstić information content (AvgIpc) is 3.11. The molecule has 0 spiro atoms. The van der Waals surface area contributed by atoms with E-state index in [1.54, 1.807) is 16.8 Å². The molecular formula is C19H26ClN9. The summed E-state index contributed by atoms with van der Waals surface area (Å²) in [5, 5.41) is 15.8. The predicted octanol–water partition coefficient (Wildman–Crippen LogP) is 3.46. The molecule has 10 heteroatoms. The van der Waals surface area contributed by atoms with Crippen LogP contribution < -0.4 is 22.1 Å². The average molecular weight is 416 g/mol. The molecule has 2 heterocycles. The molecule has 0 atom stereocenters. The zero-order valence-electron chi connectivity index (χ0n) is 16.6. The summed E-state index contributed by atoms with van der Waals surface area (Å²) in [6, 6.07) is 6.06. The van der Waals surface area contributed by atoms with Crippen LogP contribution in [-0.2, 0) is 0 Å². The van der Waals surface area contributed by atoms with Crippen LogP contribution in [0.15, 0.2) is 18.2 Å². The van der Waals surface area contributed by atoms with Crippen LogP contribution in [0.1, 0.15) is 45.6 Å². The van der Waals surface area contributed by atoms with Gasteiger partial charge in [-0.05, 0) is 57.7 Å². The minimum absolute atomic E-state index is 0.120. The van der Waals surface area contributed by atoms with Gasteiger partial charge in [0.1, 0.15) is 0 Å². The first-order chi connectivity index (χ1) is 13.9. The lowest BCUT2D eigenvalue weighted by Crippen LogP contribution is -2.33. The smallest absolute Gasteiger partial charge is 0.227 e.